The summed E-state index contributed by atoms with van der Waals surface area (Å²) in [5.74, 6) is -0.625. The molecular formula is C13H9Cl2F5N2O2S. The fourth-order valence-electron chi connectivity index (χ4n) is 2.10. The van der Waals surface area contributed by atoms with Crippen molar-refractivity contribution in [2.24, 2.45) is 0 Å². The molecule has 0 bridgehead atoms. The summed E-state index contributed by atoms with van der Waals surface area (Å²) in [5.41, 5.74) is -1.18. The van der Waals surface area contributed by atoms with Gasteiger partial charge in [-0.25, -0.2) is 4.68 Å². The van der Waals surface area contributed by atoms with E-state index in [0.29, 0.717) is 12.1 Å². The third-order valence-electron chi connectivity index (χ3n) is 3.08. The van der Waals surface area contributed by atoms with Gasteiger partial charge in [0, 0.05) is 6.26 Å². The zero-order valence-corrected chi connectivity index (χ0v) is 14.8. The summed E-state index contributed by atoms with van der Waals surface area (Å²) < 4.78 is 80.3. The van der Waals surface area contributed by atoms with Crippen LogP contribution in [-0.2, 0) is 17.0 Å². The summed E-state index contributed by atoms with van der Waals surface area (Å²) in [6, 6.07) is 1.25. The van der Waals surface area contributed by atoms with E-state index in [9.17, 15) is 26.2 Å². The first-order valence-corrected chi connectivity index (χ1v) is 8.69. The van der Waals surface area contributed by atoms with Crippen LogP contribution in [0.3, 0.4) is 0 Å². The molecule has 0 radical (unpaired) electrons. The molecule has 0 aliphatic carbocycles. The average molecular weight is 423 g/mol. The van der Waals surface area contributed by atoms with Gasteiger partial charge < -0.3 is 4.74 Å². The van der Waals surface area contributed by atoms with Crippen LogP contribution < -0.4 is 4.74 Å². The lowest BCUT2D eigenvalue weighted by Crippen LogP contribution is -2.08. The maximum Gasteiger partial charge on any atom is 0.416 e. The minimum atomic E-state index is -4.68. The van der Waals surface area contributed by atoms with Crippen molar-refractivity contribution in [3.05, 3.63) is 33.4 Å². The van der Waals surface area contributed by atoms with E-state index < -0.39 is 45.1 Å². The van der Waals surface area contributed by atoms with Gasteiger partial charge in [-0.2, -0.15) is 22.0 Å². The van der Waals surface area contributed by atoms with Crippen molar-refractivity contribution in [2.75, 3.05) is 6.26 Å². The van der Waals surface area contributed by atoms with E-state index >= 15 is 0 Å². The van der Waals surface area contributed by atoms with E-state index in [4.69, 9.17) is 23.2 Å². The molecule has 0 saturated carbocycles. The first-order valence-electron chi connectivity index (χ1n) is 6.38. The Morgan fingerprint density at radius 2 is 1.76 bits per heavy atom. The zero-order chi connectivity index (χ0) is 19.1. The third-order valence-corrected chi connectivity index (χ3v) is 4.70. The number of nitrogens with zero attached hydrogens (tertiary/aromatic N) is 2. The van der Waals surface area contributed by atoms with Crippen molar-refractivity contribution in [3.63, 3.8) is 0 Å². The van der Waals surface area contributed by atoms with Crippen LogP contribution in [-0.4, -0.2) is 26.9 Å². The molecule has 0 fully saturated rings. The number of benzene rings is 1. The fourth-order valence-corrected chi connectivity index (χ4v) is 3.59. The van der Waals surface area contributed by atoms with Crippen molar-refractivity contribution in [3.8, 4) is 11.6 Å². The number of hydrogen-bond donors (Lipinski definition) is 0. The van der Waals surface area contributed by atoms with Gasteiger partial charge in [0.1, 0.15) is 10.6 Å². The van der Waals surface area contributed by atoms with Crippen LogP contribution in [0.25, 0.3) is 5.69 Å². The van der Waals surface area contributed by atoms with E-state index in [1.54, 1.807) is 0 Å². The molecule has 0 spiro atoms. The van der Waals surface area contributed by atoms with Crippen LogP contribution in [0, 0.1) is 6.92 Å². The highest BCUT2D eigenvalue weighted by Gasteiger charge is 2.33. The van der Waals surface area contributed by atoms with Gasteiger partial charge in [0.05, 0.1) is 32.1 Å². The fraction of sp³-hybridized carbons (Fsp3) is 0.308. The van der Waals surface area contributed by atoms with Gasteiger partial charge >= 0.3 is 12.8 Å². The van der Waals surface area contributed by atoms with E-state index in [1.807, 2.05) is 0 Å². The predicted molar refractivity (Wildman–Crippen MR) is 82.3 cm³/mol. The molecule has 4 nitrogen and oxygen atoms in total. The second-order valence-electron chi connectivity index (χ2n) is 4.75. The maximum atomic E-state index is 12.8. The lowest BCUT2D eigenvalue weighted by molar-refractivity contribution is -0.137. The van der Waals surface area contributed by atoms with Gasteiger partial charge in [-0.05, 0) is 19.1 Å². The zero-order valence-electron chi connectivity index (χ0n) is 12.5. The van der Waals surface area contributed by atoms with Gasteiger partial charge in [-0.15, -0.1) is 5.10 Å². The Balaban J connectivity index is 2.69. The molecular weight excluding hydrogens is 414 g/mol. The Kier molecular flexibility index (Phi) is 5.65. The molecule has 0 amide bonds. The van der Waals surface area contributed by atoms with Crippen LogP contribution in [0.4, 0.5) is 22.0 Å². The smallest absolute Gasteiger partial charge is 0.414 e. The van der Waals surface area contributed by atoms with Crippen molar-refractivity contribution in [1.82, 2.24) is 9.78 Å². The predicted octanol–water partition coefficient (Wildman–Crippen LogP) is 4.85. The molecule has 1 heterocycles. The van der Waals surface area contributed by atoms with Crippen molar-refractivity contribution < 1.29 is 30.9 Å². The first-order chi connectivity index (χ1) is 11.4. The largest absolute Gasteiger partial charge is 0.416 e. The molecule has 0 saturated heterocycles. The van der Waals surface area contributed by atoms with Gasteiger partial charge in [-0.1, -0.05) is 23.2 Å². The van der Waals surface area contributed by atoms with Crippen LogP contribution in [0.5, 0.6) is 5.88 Å². The quantitative estimate of drug-likeness (QED) is 0.661. The minimum Gasteiger partial charge on any atom is -0.414 e. The van der Waals surface area contributed by atoms with Crippen molar-refractivity contribution in [2.45, 2.75) is 24.6 Å². The Morgan fingerprint density at radius 1 is 1.24 bits per heavy atom. The summed E-state index contributed by atoms with van der Waals surface area (Å²) in [7, 11) is -1.76. The molecule has 138 valence electrons. The van der Waals surface area contributed by atoms with Crippen LogP contribution >= 0.6 is 23.2 Å². The van der Waals surface area contributed by atoms with Gasteiger partial charge in [-0.3, -0.25) is 4.21 Å². The molecule has 2 aromatic rings. The number of ether oxygens (including phenoxy) is 1. The molecule has 0 aliphatic heterocycles. The summed E-state index contributed by atoms with van der Waals surface area (Å²) in [6.07, 6.45) is -3.46. The number of aromatic nitrogens is 2. The number of halogens is 7. The highest BCUT2D eigenvalue weighted by atomic mass is 35.5. The molecule has 1 aromatic carbocycles. The second-order valence-corrected chi connectivity index (χ2v) is 6.88. The monoisotopic (exact) mass is 422 g/mol. The molecule has 1 atom stereocenters. The van der Waals surface area contributed by atoms with Crippen LogP contribution in [0.1, 0.15) is 11.3 Å². The van der Waals surface area contributed by atoms with Crippen molar-refractivity contribution >= 4 is 34.0 Å². The Labute approximate surface area is 150 Å². The Bertz CT molecular complexity index is 816. The molecule has 0 N–H and O–H groups in total. The molecule has 0 aliphatic rings. The normalized spacial score (nSPS) is 13.4. The van der Waals surface area contributed by atoms with E-state index in [2.05, 4.69) is 9.84 Å². The summed E-state index contributed by atoms with van der Waals surface area (Å²) in [5, 5.41) is 2.90. The molecule has 25 heavy (non-hydrogen) atoms. The summed E-state index contributed by atoms with van der Waals surface area (Å²) in [6.45, 7) is -1.87. The van der Waals surface area contributed by atoms with E-state index in [1.165, 1.54) is 13.2 Å². The summed E-state index contributed by atoms with van der Waals surface area (Å²) in [4.78, 5) is -0.146. The van der Waals surface area contributed by atoms with Crippen LogP contribution in [0.2, 0.25) is 10.0 Å². The third kappa shape index (κ3) is 4.06. The minimum absolute atomic E-state index is 0.0834. The van der Waals surface area contributed by atoms with E-state index in [0.717, 1.165) is 4.68 Å². The Morgan fingerprint density at radius 3 is 2.16 bits per heavy atom. The number of hydrogen-bond acceptors (Lipinski definition) is 3. The molecule has 2 rings (SSSR count). The Hall–Kier alpha value is -1.39. The maximum absolute atomic E-state index is 12.8. The first kappa shape index (κ1) is 19.9. The van der Waals surface area contributed by atoms with Gasteiger partial charge in [0.25, 0.3) is 5.88 Å². The highest BCUT2D eigenvalue weighted by molar-refractivity contribution is 7.84. The molecule has 1 unspecified atom stereocenters. The molecule has 1 aromatic heterocycles. The SMILES string of the molecule is Cc1c(S(C)=O)c(OC(F)F)nn1-c1c(Cl)cc(C(F)(F)F)cc1Cl. The molecule has 12 heteroatoms. The van der Waals surface area contributed by atoms with Crippen molar-refractivity contribution in [1.29, 1.82) is 0 Å². The average Bonchev–Trinajstić information content (AvgIpc) is 2.72. The highest BCUT2D eigenvalue weighted by Crippen LogP contribution is 2.39. The standard InChI is InChI=1S/C13H9Cl2F5N2O2S/c1-5-10(25(2)23)11(24-12(16)17)21-22(5)9-7(14)3-6(4-8(9)15)13(18,19)20/h3-4,12H,1-2H3. The number of alkyl halides is 5. The summed E-state index contributed by atoms with van der Waals surface area (Å²) >= 11 is 11.8. The second kappa shape index (κ2) is 7.08. The lowest BCUT2D eigenvalue weighted by atomic mass is 10.2. The lowest BCUT2D eigenvalue weighted by Gasteiger charge is -2.13. The van der Waals surface area contributed by atoms with Gasteiger partial charge in [0.15, 0.2) is 0 Å². The number of rotatable bonds is 4. The van der Waals surface area contributed by atoms with E-state index in [-0.39, 0.29) is 16.3 Å². The van der Waals surface area contributed by atoms with Gasteiger partial charge in [0.2, 0.25) is 0 Å². The topological polar surface area (TPSA) is 44.1 Å². The van der Waals surface area contributed by atoms with Crippen LogP contribution in [0.15, 0.2) is 17.0 Å².